The first-order chi connectivity index (χ1) is 12.9. The predicted octanol–water partition coefficient (Wildman–Crippen LogP) is 4.67. The number of hydrogen-bond donors (Lipinski definition) is 0. The van der Waals surface area contributed by atoms with Crippen molar-refractivity contribution in [3.8, 4) is 17.1 Å². The minimum atomic E-state index is -0.556. The van der Waals surface area contributed by atoms with Gasteiger partial charge in [0.1, 0.15) is 5.58 Å². The Morgan fingerprint density at radius 2 is 1.78 bits per heavy atom. The van der Waals surface area contributed by atoms with Crippen LogP contribution in [-0.2, 0) is 9.53 Å². The molecule has 0 radical (unpaired) electrons. The molecule has 0 saturated carbocycles. The number of carbonyl (C=O) groups is 1. The number of halogens is 1. The van der Waals surface area contributed by atoms with Crippen LogP contribution in [0.2, 0.25) is 5.02 Å². The van der Waals surface area contributed by atoms with E-state index in [1.165, 1.54) is 0 Å². The van der Waals surface area contributed by atoms with E-state index in [0.29, 0.717) is 21.6 Å². The molecule has 0 aliphatic heterocycles. The second-order valence-corrected chi connectivity index (χ2v) is 6.56. The lowest BCUT2D eigenvalue weighted by Gasteiger charge is -2.12. The van der Waals surface area contributed by atoms with Gasteiger partial charge < -0.3 is 13.9 Å². The minimum Gasteiger partial charge on any atom is -0.474 e. The number of esters is 1. The highest BCUT2D eigenvalue weighted by Gasteiger charge is 2.19. The number of fused-ring (bicyclic) bond motifs is 1. The van der Waals surface area contributed by atoms with Crippen LogP contribution in [0.5, 0.6) is 5.75 Å². The molecule has 0 fully saturated rings. The number of hydrogen-bond acceptors (Lipinski definition) is 5. The van der Waals surface area contributed by atoms with E-state index in [2.05, 4.69) is 0 Å². The zero-order valence-corrected chi connectivity index (χ0v) is 16.1. The normalized spacial score (nSPS) is 10.8. The molecule has 2 aromatic carbocycles. The number of rotatable bonds is 5. The molecule has 27 heavy (non-hydrogen) atoms. The third-order valence-electron chi connectivity index (χ3n) is 4.21. The van der Waals surface area contributed by atoms with Crippen LogP contribution in [0.4, 0.5) is 0 Å². The van der Waals surface area contributed by atoms with E-state index in [4.69, 9.17) is 25.5 Å². The predicted molar refractivity (Wildman–Crippen MR) is 105 cm³/mol. The maximum Gasteiger partial charge on any atom is 0.344 e. The fourth-order valence-corrected chi connectivity index (χ4v) is 2.82. The molecule has 3 aromatic rings. The van der Waals surface area contributed by atoms with Crippen LogP contribution in [-0.4, -0.2) is 19.2 Å². The Kier molecular flexibility index (Phi) is 5.51. The summed E-state index contributed by atoms with van der Waals surface area (Å²) in [5.41, 5.74) is 2.71. The van der Waals surface area contributed by atoms with E-state index >= 15 is 0 Å². The lowest BCUT2D eigenvalue weighted by atomic mass is 10.0. The Morgan fingerprint density at radius 3 is 2.44 bits per heavy atom. The lowest BCUT2D eigenvalue weighted by Crippen LogP contribution is -2.19. The van der Waals surface area contributed by atoms with Crippen molar-refractivity contribution in [2.24, 2.45) is 0 Å². The van der Waals surface area contributed by atoms with Crippen molar-refractivity contribution in [3.63, 3.8) is 0 Å². The van der Waals surface area contributed by atoms with Gasteiger partial charge in [0.2, 0.25) is 11.2 Å². The molecule has 1 heterocycles. The van der Waals surface area contributed by atoms with Gasteiger partial charge in [0.15, 0.2) is 12.4 Å². The third-order valence-corrected chi connectivity index (χ3v) is 4.46. The monoisotopic (exact) mass is 386 g/mol. The van der Waals surface area contributed by atoms with E-state index in [9.17, 15) is 9.59 Å². The van der Waals surface area contributed by atoms with E-state index in [1.807, 2.05) is 19.9 Å². The van der Waals surface area contributed by atoms with Crippen LogP contribution in [0.15, 0.2) is 45.6 Å². The van der Waals surface area contributed by atoms with E-state index in [-0.39, 0.29) is 30.2 Å². The van der Waals surface area contributed by atoms with Gasteiger partial charge in [-0.25, -0.2) is 4.79 Å². The average Bonchev–Trinajstić information content (AvgIpc) is 2.63. The second kappa shape index (κ2) is 7.84. The number of benzene rings is 2. The Balaban J connectivity index is 2.18. The molecule has 0 atom stereocenters. The molecule has 1 aromatic heterocycles. The smallest absolute Gasteiger partial charge is 0.344 e. The maximum absolute atomic E-state index is 13.1. The van der Waals surface area contributed by atoms with Crippen LogP contribution >= 0.6 is 11.6 Å². The van der Waals surface area contributed by atoms with E-state index < -0.39 is 5.97 Å². The maximum atomic E-state index is 13.1. The molecule has 0 unspecified atom stereocenters. The standard InChI is InChI=1S/C21H19ClO5/c1-4-25-18(23)11-26-21-19(24)16-9-12(2)13(3)10-17(16)27-20(21)14-5-7-15(22)8-6-14/h5-10H,4,11H2,1-3H3. The largest absolute Gasteiger partial charge is 0.474 e. The number of ether oxygens (including phenoxy) is 2. The van der Waals surface area contributed by atoms with Gasteiger partial charge in [-0.3, -0.25) is 4.79 Å². The van der Waals surface area contributed by atoms with Crippen LogP contribution in [0.3, 0.4) is 0 Å². The highest BCUT2D eigenvalue weighted by Crippen LogP contribution is 2.32. The Morgan fingerprint density at radius 1 is 1.11 bits per heavy atom. The van der Waals surface area contributed by atoms with Crippen LogP contribution in [0.1, 0.15) is 18.1 Å². The molecule has 140 valence electrons. The van der Waals surface area contributed by atoms with Crippen LogP contribution in [0.25, 0.3) is 22.3 Å². The fourth-order valence-electron chi connectivity index (χ4n) is 2.69. The fraction of sp³-hybridized carbons (Fsp3) is 0.238. The number of carbonyl (C=O) groups excluding carboxylic acids is 1. The first-order valence-corrected chi connectivity index (χ1v) is 8.91. The SMILES string of the molecule is CCOC(=O)COc1c(-c2ccc(Cl)cc2)oc2cc(C)c(C)cc2c1=O. The zero-order chi connectivity index (χ0) is 19.6. The van der Waals surface area contributed by atoms with Crippen molar-refractivity contribution in [2.75, 3.05) is 13.2 Å². The van der Waals surface area contributed by atoms with Crippen molar-refractivity contribution >= 4 is 28.5 Å². The Labute approximate surface area is 161 Å². The number of aryl methyl sites for hydroxylation is 2. The van der Waals surface area contributed by atoms with Crippen LogP contribution in [0, 0.1) is 13.8 Å². The van der Waals surface area contributed by atoms with Crippen molar-refractivity contribution in [2.45, 2.75) is 20.8 Å². The molecule has 0 saturated heterocycles. The van der Waals surface area contributed by atoms with Crippen molar-refractivity contribution in [1.29, 1.82) is 0 Å². The van der Waals surface area contributed by atoms with Gasteiger partial charge in [-0.05, 0) is 68.3 Å². The van der Waals surface area contributed by atoms with Crippen molar-refractivity contribution in [3.05, 3.63) is 62.8 Å². The van der Waals surface area contributed by atoms with Crippen molar-refractivity contribution < 1.29 is 18.7 Å². The first-order valence-electron chi connectivity index (χ1n) is 8.53. The zero-order valence-electron chi connectivity index (χ0n) is 15.3. The first kappa shape index (κ1) is 19.0. The molecule has 0 amide bonds. The topological polar surface area (TPSA) is 65.7 Å². The molecule has 6 heteroatoms. The van der Waals surface area contributed by atoms with Gasteiger partial charge in [-0.2, -0.15) is 0 Å². The summed E-state index contributed by atoms with van der Waals surface area (Å²) in [5, 5.41) is 0.956. The summed E-state index contributed by atoms with van der Waals surface area (Å²) in [7, 11) is 0. The summed E-state index contributed by atoms with van der Waals surface area (Å²) in [6, 6.07) is 10.4. The highest BCUT2D eigenvalue weighted by molar-refractivity contribution is 6.30. The molecular weight excluding hydrogens is 368 g/mol. The lowest BCUT2D eigenvalue weighted by molar-refractivity contribution is -0.145. The molecular formula is C21H19ClO5. The van der Waals surface area contributed by atoms with Crippen molar-refractivity contribution in [1.82, 2.24) is 0 Å². The minimum absolute atomic E-state index is 0.0267. The van der Waals surface area contributed by atoms with Crippen LogP contribution < -0.4 is 10.2 Å². The second-order valence-electron chi connectivity index (χ2n) is 6.12. The van der Waals surface area contributed by atoms with E-state index in [0.717, 1.165) is 11.1 Å². The van der Waals surface area contributed by atoms with Gasteiger partial charge in [0.05, 0.1) is 12.0 Å². The summed E-state index contributed by atoms with van der Waals surface area (Å²) >= 11 is 5.96. The summed E-state index contributed by atoms with van der Waals surface area (Å²) < 4.78 is 16.4. The molecule has 0 aliphatic carbocycles. The Bertz CT molecular complexity index is 1050. The summed E-state index contributed by atoms with van der Waals surface area (Å²) in [5.74, 6) is -0.336. The molecule has 3 rings (SSSR count). The van der Waals surface area contributed by atoms with Gasteiger partial charge >= 0.3 is 5.97 Å². The molecule has 0 bridgehead atoms. The molecule has 0 aliphatic rings. The van der Waals surface area contributed by atoms with Gasteiger partial charge in [-0.1, -0.05) is 11.6 Å². The van der Waals surface area contributed by atoms with Gasteiger partial charge in [-0.15, -0.1) is 0 Å². The van der Waals surface area contributed by atoms with Gasteiger partial charge in [0.25, 0.3) is 0 Å². The third kappa shape index (κ3) is 3.98. The quantitative estimate of drug-likeness (QED) is 0.596. The van der Waals surface area contributed by atoms with E-state index in [1.54, 1.807) is 37.3 Å². The Hall–Kier alpha value is -2.79. The highest BCUT2D eigenvalue weighted by atomic mass is 35.5. The van der Waals surface area contributed by atoms with Gasteiger partial charge in [0, 0.05) is 10.6 Å². The molecule has 0 N–H and O–H groups in total. The summed E-state index contributed by atoms with van der Waals surface area (Å²) in [6.07, 6.45) is 0. The summed E-state index contributed by atoms with van der Waals surface area (Å²) in [6.45, 7) is 5.42. The average molecular weight is 387 g/mol. The molecule has 0 spiro atoms. The molecule has 5 nitrogen and oxygen atoms in total. The summed E-state index contributed by atoms with van der Waals surface area (Å²) in [4.78, 5) is 24.7.